The number of benzene rings is 11. The Morgan fingerprint density at radius 2 is 0.833 bits per heavy atom. The van der Waals surface area contributed by atoms with Crippen LogP contribution in [0.25, 0.3) is 111 Å². The van der Waals surface area contributed by atoms with Crippen molar-refractivity contribution in [3.63, 3.8) is 0 Å². The molecule has 396 valence electrons. The molecule has 0 fully saturated rings. The number of hydrogen-bond donors (Lipinski definition) is 0. The molecule has 17 rings (SSSR count). The second-order valence-electron chi connectivity index (χ2n) is 22.5. The molecule has 2 aliphatic heterocycles. The molecule has 14 aromatic rings. The Kier molecular flexibility index (Phi) is 11.1. The van der Waals surface area contributed by atoms with E-state index in [1.807, 2.05) is 0 Å². The summed E-state index contributed by atoms with van der Waals surface area (Å²) < 4.78 is 4.88. The van der Waals surface area contributed by atoms with Crippen LogP contribution in [0.2, 0.25) is 0 Å². The summed E-state index contributed by atoms with van der Waals surface area (Å²) in [4.78, 5) is 10.8. The van der Waals surface area contributed by atoms with E-state index in [2.05, 4.69) is 316 Å². The summed E-state index contributed by atoms with van der Waals surface area (Å²) in [5, 5.41) is 4.93. The van der Waals surface area contributed by atoms with E-state index in [9.17, 15) is 0 Å². The molecule has 1 aliphatic carbocycles. The van der Waals surface area contributed by atoms with Crippen molar-refractivity contribution in [3.05, 3.63) is 308 Å². The monoisotopic (exact) mass is 1070 g/mol. The second kappa shape index (κ2) is 19.5. The molecule has 0 radical (unpaired) electrons. The van der Waals surface area contributed by atoms with Crippen LogP contribution in [-0.2, 0) is 6.42 Å². The molecule has 0 saturated heterocycles. The third-order valence-electron chi connectivity index (χ3n) is 17.9. The van der Waals surface area contributed by atoms with Gasteiger partial charge in [0.2, 0.25) is 0 Å². The van der Waals surface area contributed by atoms with Gasteiger partial charge < -0.3 is 18.9 Å². The predicted octanol–water partition coefficient (Wildman–Crippen LogP) is 20.0. The Morgan fingerprint density at radius 3 is 1.50 bits per heavy atom. The molecule has 5 heteroatoms. The Balaban J connectivity index is 0.838. The number of nitrogens with zero attached hydrogens (tertiary/aromatic N) is 5. The maximum Gasteiger partial charge on any atom is 0.0715 e. The van der Waals surface area contributed by atoms with Gasteiger partial charge in [-0.1, -0.05) is 200 Å². The van der Waals surface area contributed by atoms with Crippen molar-refractivity contribution >= 4 is 66.4 Å². The zero-order valence-corrected chi connectivity index (χ0v) is 46.1. The smallest absolute Gasteiger partial charge is 0.0715 e. The Morgan fingerprint density at radius 1 is 0.333 bits per heavy atom. The number of aromatic nitrogens is 3. The van der Waals surface area contributed by atoms with Crippen LogP contribution in [0.4, 0.5) is 22.7 Å². The minimum atomic E-state index is 0.157. The fraction of sp³-hybridized carbons (Fsp3) is 0.0506. The van der Waals surface area contributed by atoms with Gasteiger partial charge >= 0.3 is 0 Å². The lowest BCUT2D eigenvalue weighted by molar-refractivity contribution is 0.745. The van der Waals surface area contributed by atoms with Crippen LogP contribution in [0.3, 0.4) is 0 Å². The van der Waals surface area contributed by atoms with Gasteiger partial charge in [0.15, 0.2) is 0 Å². The van der Waals surface area contributed by atoms with Crippen LogP contribution in [0.5, 0.6) is 0 Å². The van der Waals surface area contributed by atoms with Gasteiger partial charge in [-0.2, -0.15) is 0 Å². The van der Waals surface area contributed by atoms with E-state index in [-0.39, 0.29) is 12.0 Å². The quantitative estimate of drug-likeness (QED) is 0.144. The largest absolute Gasteiger partial charge is 0.341 e. The van der Waals surface area contributed by atoms with E-state index in [1.54, 1.807) is 0 Å². The number of allylic oxidation sites excluding steroid dienone is 2. The van der Waals surface area contributed by atoms with E-state index in [1.165, 1.54) is 83.1 Å². The van der Waals surface area contributed by atoms with Crippen LogP contribution >= 0.6 is 0 Å². The average Bonchev–Trinajstić information content (AvgIpc) is 3.24. The summed E-state index contributed by atoms with van der Waals surface area (Å²) in [7, 11) is 0. The number of pyridine rings is 1. The van der Waals surface area contributed by atoms with Gasteiger partial charge in [-0.25, -0.2) is 4.98 Å². The zero-order valence-electron chi connectivity index (χ0n) is 46.1. The first-order valence-electron chi connectivity index (χ1n) is 29.3. The second-order valence-corrected chi connectivity index (χ2v) is 22.5. The van der Waals surface area contributed by atoms with E-state index in [0.717, 1.165) is 74.7 Å². The summed E-state index contributed by atoms with van der Waals surface area (Å²) in [5.41, 5.74) is 25.3. The van der Waals surface area contributed by atoms with Crippen LogP contribution in [0, 0.1) is 0 Å². The molecule has 0 bridgehead atoms. The molecular formula is C79H55N5. The lowest BCUT2D eigenvalue weighted by atomic mass is 9.91. The Hall–Kier alpha value is -10.8. The fourth-order valence-corrected chi connectivity index (χ4v) is 14.1. The number of rotatable bonds is 9. The average molecular weight is 1070 g/mol. The predicted molar refractivity (Wildman–Crippen MR) is 351 cm³/mol. The van der Waals surface area contributed by atoms with Crippen LogP contribution in [0.15, 0.2) is 297 Å². The first-order chi connectivity index (χ1) is 41.7. The molecule has 2 atom stereocenters. The van der Waals surface area contributed by atoms with Gasteiger partial charge in [0.05, 0.1) is 45.2 Å². The highest BCUT2D eigenvalue weighted by Gasteiger charge is 2.38. The minimum absolute atomic E-state index is 0.157. The van der Waals surface area contributed by atoms with Crippen molar-refractivity contribution in [1.29, 1.82) is 0 Å². The molecule has 3 aromatic heterocycles. The van der Waals surface area contributed by atoms with Gasteiger partial charge in [0, 0.05) is 84.7 Å². The molecule has 0 saturated carbocycles. The van der Waals surface area contributed by atoms with E-state index in [4.69, 9.17) is 4.98 Å². The molecule has 3 aliphatic rings. The van der Waals surface area contributed by atoms with Crippen molar-refractivity contribution in [2.45, 2.75) is 18.4 Å². The third-order valence-corrected chi connectivity index (χ3v) is 17.9. The van der Waals surface area contributed by atoms with E-state index in [0.29, 0.717) is 0 Å². The van der Waals surface area contributed by atoms with Gasteiger partial charge in [0.1, 0.15) is 0 Å². The van der Waals surface area contributed by atoms with Gasteiger partial charge in [-0.3, -0.25) is 0 Å². The molecule has 2 unspecified atom stereocenters. The molecule has 5 nitrogen and oxygen atoms in total. The minimum Gasteiger partial charge on any atom is -0.341 e. The van der Waals surface area contributed by atoms with Crippen LogP contribution in [0.1, 0.15) is 17.0 Å². The number of anilines is 4. The van der Waals surface area contributed by atoms with Crippen molar-refractivity contribution in [3.8, 4) is 67.3 Å². The topological polar surface area (TPSA) is 29.2 Å². The Bertz CT molecular complexity index is 4910. The maximum absolute atomic E-state index is 5.69. The fourth-order valence-electron chi connectivity index (χ4n) is 14.1. The summed E-state index contributed by atoms with van der Waals surface area (Å²) in [5.74, 6) is 0.265. The summed E-state index contributed by atoms with van der Waals surface area (Å²) in [6, 6.07) is 101. The molecule has 0 amide bonds. The first-order valence-corrected chi connectivity index (χ1v) is 29.3. The molecule has 84 heavy (non-hydrogen) atoms. The van der Waals surface area contributed by atoms with Crippen molar-refractivity contribution in [1.82, 2.24) is 14.1 Å². The third kappa shape index (κ3) is 7.73. The van der Waals surface area contributed by atoms with Gasteiger partial charge in [-0.05, 0) is 137 Å². The van der Waals surface area contributed by atoms with Gasteiger partial charge in [0.25, 0.3) is 0 Å². The molecular weight excluding hydrogens is 1020 g/mol. The van der Waals surface area contributed by atoms with Gasteiger partial charge in [-0.15, -0.1) is 0 Å². The molecule has 0 N–H and O–H groups in total. The van der Waals surface area contributed by atoms with E-state index < -0.39 is 0 Å². The highest BCUT2D eigenvalue weighted by molar-refractivity contribution is 6.11. The first kappa shape index (κ1) is 48.0. The Labute approximate surface area is 488 Å². The summed E-state index contributed by atoms with van der Waals surface area (Å²) in [6.45, 7) is 0.942. The molecule has 11 aromatic carbocycles. The van der Waals surface area contributed by atoms with Crippen LogP contribution < -0.4 is 9.80 Å². The summed E-state index contributed by atoms with van der Waals surface area (Å²) >= 11 is 0. The van der Waals surface area contributed by atoms with Crippen molar-refractivity contribution < 1.29 is 0 Å². The zero-order chi connectivity index (χ0) is 55.2. The van der Waals surface area contributed by atoms with E-state index >= 15 is 0 Å². The van der Waals surface area contributed by atoms with Crippen LogP contribution in [-0.4, -0.2) is 26.7 Å². The molecule has 0 spiro atoms. The lowest BCUT2D eigenvalue weighted by Crippen LogP contribution is -2.29. The number of hydrogen-bond acceptors (Lipinski definition) is 3. The lowest BCUT2D eigenvalue weighted by Gasteiger charge is -2.31. The highest BCUT2D eigenvalue weighted by Crippen LogP contribution is 2.52. The standard InChI is InChI=1S/C79H55N5/c1-2-20-52(21-3-1)58-48-69(56-25-18-23-54(46-56)67-50-59(81-45-44-53-22-4-11-33-71(53)81)40-42-78(67)83-74-36-14-7-29-63(74)64-30-8-15-37-75(64)83)80-70(49-58)57-26-19-24-55(47-57)68-51-60(82-72-34-12-5-27-61(72)62-28-6-13-35-73(62)82)41-43-79(68)84-76-38-16-9-31-65(76)66-32-10-17-39-77(66)84/h1-43,46-51,63,74H,44-45H2. The normalized spacial score (nSPS) is 15.1. The van der Waals surface area contributed by atoms with Crippen molar-refractivity contribution in [2.75, 3.05) is 16.3 Å². The number of fused-ring (bicyclic) bond motifs is 10. The SMILES string of the molecule is C1=CC2c3ccccc3N(c3ccc(N4CCc5ccccc54)cc3-c3cccc(-c4cc(-c5ccccc5)cc(-c5cccc(-c6cc(-n7c8ccccc8c8ccccc87)ccc6-n6c7ccccc7c7ccccc76)c5)n4)c3)C2C=C1. The summed E-state index contributed by atoms with van der Waals surface area (Å²) in [6.07, 6.45) is 10.2. The maximum atomic E-state index is 5.69. The van der Waals surface area contributed by atoms with Crippen molar-refractivity contribution in [2.24, 2.45) is 0 Å². The highest BCUT2D eigenvalue weighted by atomic mass is 15.2. The number of para-hydroxylation sites is 6. The molecule has 5 heterocycles.